The number of ketones is 1. The van der Waals surface area contributed by atoms with Crippen LogP contribution in [-0.2, 0) is 9.53 Å². The van der Waals surface area contributed by atoms with Gasteiger partial charge in [-0.3, -0.25) is 14.5 Å². The number of nitrogens with zero attached hydrogens (tertiary/aromatic N) is 1. The molecule has 172 valence electrons. The first-order valence-corrected chi connectivity index (χ1v) is 11.3. The minimum absolute atomic E-state index is 0.367. The molecule has 33 heavy (non-hydrogen) atoms. The molecule has 1 saturated heterocycles. The number of nitrogens with one attached hydrogen (secondary N) is 1. The Hall–Kier alpha value is -3.22. The van der Waals surface area contributed by atoms with Crippen LogP contribution in [0, 0.1) is 20.8 Å². The Balaban J connectivity index is 1.52. The van der Waals surface area contributed by atoms with Gasteiger partial charge in [0.1, 0.15) is 12.4 Å². The lowest BCUT2D eigenvalue weighted by Gasteiger charge is -2.26. The summed E-state index contributed by atoms with van der Waals surface area (Å²) in [5.74, 6) is -0.498. The zero-order chi connectivity index (χ0) is 23.4. The van der Waals surface area contributed by atoms with Crippen LogP contribution in [0.2, 0.25) is 0 Å². The topological polar surface area (TPSA) is 67.9 Å². The monoisotopic (exact) mass is 446 g/mol. The van der Waals surface area contributed by atoms with E-state index in [2.05, 4.69) is 10.2 Å². The van der Waals surface area contributed by atoms with Gasteiger partial charge in [0.2, 0.25) is 0 Å². The number of carbonyl (C=O) groups is 2. The van der Waals surface area contributed by atoms with Crippen LogP contribution < -0.4 is 10.1 Å². The van der Waals surface area contributed by atoms with E-state index in [0.717, 1.165) is 54.9 Å². The first-order valence-electron chi connectivity index (χ1n) is 11.3. The molecule has 1 amide bonds. The lowest BCUT2D eigenvalue weighted by molar-refractivity contribution is -0.112. The molecule has 0 atom stereocenters. The minimum atomic E-state index is -0.642. The number of Topliss-reactive ketones (excluding diaryl/α,β-unsaturated/α-hetero) is 1. The van der Waals surface area contributed by atoms with Gasteiger partial charge in [-0.15, -0.1) is 0 Å². The summed E-state index contributed by atoms with van der Waals surface area (Å²) in [4.78, 5) is 28.3. The van der Waals surface area contributed by atoms with E-state index < -0.39 is 11.7 Å². The number of amides is 1. The Morgan fingerprint density at radius 3 is 2.33 bits per heavy atom. The summed E-state index contributed by atoms with van der Waals surface area (Å²) in [6, 6.07) is 15.0. The highest BCUT2D eigenvalue weighted by atomic mass is 16.5. The molecular formula is C27H30N2O4. The fourth-order valence-electron chi connectivity index (χ4n) is 4.37. The summed E-state index contributed by atoms with van der Waals surface area (Å²) in [5, 5.41) is 4.35. The molecule has 1 aliphatic rings. The summed E-state index contributed by atoms with van der Waals surface area (Å²) in [7, 11) is 0. The predicted octanol–water partition coefficient (Wildman–Crippen LogP) is 4.30. The Bertz CT molecular complexity index is 1160. The van der Waals surface area contributed by atoms with Crippen LogP contribution in [0.25, 0.3) is 10.8 Å². The molecule has 0 spiro atoms. The number of carbonyl (C=O) groups excluding carboxylic acids is 2. The molecule has 0 aliphatic carbocycles. The largest absolute Gasteiger partial charge is 0.492 e. The second-order valence-corrected chi connectivity index (χ2v) is 8.52. The van der Waals surface area contributed by atoms with Crippen LogP contribution in [0.1, 0.15) is 27.0 Å². The zero-order valence-corrected chi connectivity index (χ0v) is 19.4. The molecule has 0 aromatic heterocycles. The number of rotatable bonds is 7. The van der Waals surface area contributed by atoms with E-state index in [1.807, 2.05) is 57.2 Å². The first-order chi connectivity index (χ1) is 15.9. The second kappa shape index (κ2) is 10.1. The maximum Gasteiger partial charge on any atom is 0.296 e. The van der Waals surface area contributed by atoms with Crippen molar-refractivity contribution >= 4 is 28.2 Å². The summed E-state index contributed by atoms with van der Waals surface area (Å²) in [5.41, 5.74) is 4.03. The van der Waals surface area contributed by atoms with Crippen LogP contribution in [0.15, 0.2) is 48.5 Å². The van der Waals surface area contributed by atoms with E-state index in [4.69, 9.17) is 9.47 Å². The van der Waals surface area contributed by atoms with Gasteiger partial charge in [0.15, 0.2) is 0 Å². The standard InChI is InChI=1S/C27H30N2O4/c1-18-16-19(2)25(20(3)17-18)28-27(31)26(30)23-8-9-24(22-7-5-4-6-21(22)23)33-15-12-29-10-13-32-14-11-29/h4-9,16-17H,10-15H2,1-3H3,(H,28,31). The summed E-state index contributed by atoms with van der Waals surface area (Å²) < 4.78 is 11.4. The van der Waals surface area contributed by atoms with Crippen LogP contribution in [0.4, 0.5) is 5.69 Å². The van der Waals surface area contributed by atoms with Crippen molar-refractivity contribution in [2.24, 2.45) is 0 Å². The van der Waals surface area contributed by atoms with Crippen molar-refractivity contribution in [3.05, 3.63) is 70.8 Å². The number of fused-ring (bicyclic) bond motifs is 1. The Morgan fingerprint density at radius 1 is 0.970 bits per heavy atom. The number of anilines is 1. The maximum absolute atomic E-state index is 13.1. The van der Waals surface area contributed by atoms with Gasteiger partial charge in [0.05, 0.1) is 13.2 Å². The molecule has 1 heterocycles. The SMILES string of the molecule is Cc1cc(C)c(NC(=O)C(=O)c2ccc(OCCN3CCOCC3)c3ccccc23)c(C)c1. The molecule has 6 heteroatoms. The van der Waals surface area contributed by atoms with Crippen molar-refractivity contribution in [2.45, 2.75) is 20.8 Å². The Kier molecular flexibility index (Phi) is 7.06. The fraction of sp³-hybridized carbons (Fsp3) is 0.333. The third kappa shape index (κ3) is 5.24. The molecule has 0 radical (unpaired) electrons. The first kappa shape index (κ1) is 23.0. The third-order valence-electron chi connectivity index (χ3n) is 6.02. The normalized spacial score (nSPS) is 14.3. The summed E-state index contributed by atoms with van der Waals surface area (Å²) >= 11 is 0. The average molecular weight is 447 g/mol. The molecule has 1 aliphatic heterocycles. The van der Waals surface area contributed by atoms with Crippen LogP contribution in [0.5, 0.6) is 5.75 Å². The maximum atomic E-state index is 13.1. The van der Waals surface area contributed by atoms with Gasteiger partial charge in [-0.2, -0.15) is 0 Å². The highest BCUT2D eigenvalue weighted by Gasteiger charge is 2.21. The Labute approximate surface area is 194 Å². The van der Waals surface area contributed by atoms with Gasteiger partial charge in [0, 0.05) is 36.3 Å². The summed E-state index contributed by atoms with van der Waals surface area (Å²) in [6.07, 6.45) is 0. The lowest BCUT2D eigenvalue weighted by Crippen LogP contribution is -2.38. The zero-order valence-electron chi connectivity index (χ0n) is 19.4. The van der Waals surface area contributed by atoms with Crippen molar-refractivity contribution in [2.75, 3.05) is 44.8 Å². The van der Waals surface area contributed by atoms with Crippen LogP contribution in [0.3, 0.4) is 0 Å². The molecule has 3 aromatic carbocycles. The van der Waals surface area contributed by atoms with E-state index in [-0.39, 0.29) is 0 Å². The molecular weight excluding hydrogens is 416 g/mol. The third-order valence-corrected chi connectivity index (χ3v) is 6.02. The van der Waals surface area contributed by atoms with Crippen molar-refractivity contribution in [3.8, 4) is 5.75 Å². The number of morpholine rings is 1. The van der Waals surface area contributed by atoms with Crippen LogP contribution >= 0.6 is 0 Å². The van der Waals surface area contributed by atoms with Gasteiger partial charge in [-0.05, 0) is 49.4 Å². The molecule has 0 unspecified atom stereocenters. The van der Waals surface area contributed by atoms with Crippen molar-refractivity contribution in [3.63, 3.8) is 0 Å². The number of benzene rings is 3. The quantitative estimate of drug-likeness (QED) is 0.433. The second-order valence-electron chi connectivity index (χ2n) is 8.52. The molecule has 6 nitrogen and oxygen atoms in total. The van der Waals surface area contributed by atoms with Crippen molar-refractivity contribution in [1.29, 1.82) is 0 Å². The number of ether oxygens (including phenoxy) is 2. The number of hydrogen-bond donors (Lipinski definition) is 1. The molecule has 3 aromatic rings. The van der Waals surface area contributed by atoms with E-state index in [1.165, 1.54) is 0 Å². The summed E-state index contributed by atoms with van der Waals surface area (Å²) in [6.45, 7) is 10.6. The molecule has 0 saturated carbocycles. The fourth-order valence-corrected chi connectivity index (χ4v) is 4.37. The van der Waals surface area contributed by atoms with E-state index in [9.17, 15) is 9.59 Å². The number of hydrogen-bond acceptors (Lipinski definition) is 5. The molecule has 0 bridgehead atoms. The minimum Gasteiger partial charge on any atom is -0.492 e. The van der Waals surface area contributed by atoms with Crippen molar-refractivity contribution in [1.82, 2.24) is 4.90 Å². The highest BCUT2D eigenvalue weighted by Crippen LogP contribution is 2.29. The Morgan fingerprint density at radius 2 is 1.64 bits per heavy atom. The number of aryl methyl sites for hydroxylation is 3. The predicted molar refractivity (Wildman–Crippen MR) is 130 cm³/mol. The van der Waals surface area contributed by atoms with E-state index >= 15 is 0 Å². The van der Waals surface area contributed by atoms with E-state index in [0.29, 0.717) is 29.0 Å². The van der Waals surface area contributed by atoms with Crippen LogP contribution in [-0.4, -0.2) is 56.0 Å². The van der Waals surface area contributed by atoms with E-state index in [1.54, 1.807) is 12.1 Å². The average Bonchev–Trinajstić information content (AvgIpc) is 2.81. The lowest BCUT2D eigenvalue weighted by atomic mass is 9.99. The van der Waals surface area contributed by atoms with Gasteiger partial charge >= 0.3 is 0 Å². The smallest absolute Gasteiger partial charge is 0.296 e. The van der Waals surface area contributed by atoms with Gasteiger partial charge in [-0.1, -0.05) is 42.0 Å². The molecule has 1 N–H and O–H groups in total. The van der Waals surface area contributed by atoms with Crippen molar-refractivity contribution < 1.29 is 19.1 Å². The molecule has 4 rings (SSSR count). The van der Waals surface area contributed by atoms with Gasteiger partial charge in [0.25, 0.3) is 11.7 Å². The van der Waals surface area contributed by atoms with Gasteiger partial charge in [-0.25, -0.2) is 0 Å². The molecule has 1 fully saturated rings. The highest BCUT2D eigenvalue weighted by molar-refractivity contribution is 6.48. The van der Waals surface area contributed by atoms with Gasteiger partial charge < -0.3 is 14.8 Å².